The number of hydrogen-bond donors (Lipinski definition) is 0. The van der Waals surface area contributed by atoms with Gasteiger partial charge in [-0.05, 0) is 456 Å². The molecule has 64 rings (SSSR count). The molecule has 64 fully saturated rings. The van der Waals surface area contributed by atoms with Gasteiger partial charge in [0, 0.05) is 0 Å². The largest absolute Gasteiger partial charge is 0.0582 e. The second kappa shape index (κ2) is 3.57. The molecule has 0 amide bonds. The highest BCUT2D eigenvalue weighted by Gasteiger charge is 3.86. The summed E-state index contributed by atoms with van der Waals surface area (Å²) >= 11 is 0. The Hall–Kier alpha value is 0. The van der Waals surface area contributed by atoms with Crippen molar-refractivity contribution in [1.29, 1.82) is 0 Å². The summed E-state index contributed by atoms with van der Waals surface area (Å²) in [7, 11) is 0. The average molecular weight is 1040 g/mol. The molecule has 0 radical (unpaired) electrons. The summed E-state index contributed by atoms with van der Waals surface area (Å²) in [5.41, 5.74) is 57.0. The van der Waals surface area contributed by atoms with Crippen molar-refractivity contribution in [2.45, 2.75) is 39.5 Å². The molecular weight excluding hydrogens is 997 g/mol. The zero-order valence-corrected chi connectivity index (χ0v) is 45.3. The second-order valence-electron chi connectivity index (χ2n) is 55.8. The van der Waals surface area contributed by atoms with Crippen LogP contribution >= 0.6 is 0 Å². The maximum Gasteiger partial charge on any atom is -0.000000808 e. The lowest BCUT2D eigenvalue weighted by Gasteiger charge is -3.81. The SMILES string of the molecule is CC12C3CC4C5C6C7C8C9C%10CC%11C%12C%13C%14C%15C%16C%17CC%18C%19C%20C%21C%22C%23C%24CC%25C%26C%27C%28C1(C)C1%29C%28%30C%27%28C%26%27C%24%25C%23%24C%22%23C%21%22C%20%21C%19%20C%17%18C%16%17C%15%16C%14%15C%13%14C%12%13C%11%10C9%10C89C78C67C56C43C21C61C72C83C94C%13%10C%145C%156C%167C%17%20C%218C%229C%23%10C%24%27C%28%11C%30%12C%291C21C32C54C63C78C94C%10%11C%121C342. The quantitative estimate of drug-likeness (QED) is 0.260. The van der Waals surface area contributed by atoms with Gasteiger partial charge >= 0.3 is 0 Å². The number of hydrogen-bond acceptors (Lipinski definition) is 0. The summed E-state index contributed by atoms with van der Waals surface area (Å²) in [5.74, 6) is 36.9. The van der Waals surface area contributed by atoms with Gasteiger partial charge in [0.05, 0.1) is 0 Å². The molecule has 0 heterocycles. The highest BCUT2D eigenvalue weighted by molar-refractivity contribution is 6.68. The summed E-state index contributed by atoms with van der Waals surface area (Å²) in [6.07, 6.45) is 7.61. The Kier molecular flexibility index (Phi) is 1.13. The maximum atomic E-state index is 3.49. The van der Waals surface area contributed by atoms with Crippen molar-refractivity contribution >= 4 is 0 Å². The molecular formula is C83H40. The first-order chi connectivity index (χ1) is 41.1. The fourth-order valence-electron chi connectivity index (χ4n) is 102. The van der Waals surface area contributed by atoms with Crippen molar-refractivity contribution in [2.75, 3.05) is 0 Å². The van der Waals surface area contributed by atoms with Gasteiger partial charge in [0.15, 0.2) is 0 Å². The van der Waals surface area contributed by atoms with Crippen molar-refractivity contribution in [3.63, 3.8) is 0 Å². The van der Waals surface area contributed by atoms with Crippen LogP contribution in [-0.2, 0) is 0 Å². The van der Waals surface area contributed by atoms with Crippen molar-refractivity contribution in [3.8, 4) is 0 Å². The lowest BCUT2D eigenvalue weighted by atomic mass is 8.21. The Labute approximate surface area is 466 Å². The van der Waals surface area contributed by atoms with Gasteiger partial charge in [-0.25, -0.2) is 0 Å². The van der Waals surface area contributed by atoms with Gasteiger partial charge in [0.25, 0.3) is 0 Å². The molecule has 83 heavy (non-hydrogen) atoms. The van der Waals surface area contributed by atoms with Crippen LogP contribution in [0.4, 0.5) is 0 Å². The fraction of sp³-hybridized carbons (Fsp3) is 1.00. The zero-order chi connectivity index (χ0) is 45.3. The molecule has 49 spiro atoms. The maximum absolute atomic E-state index is 3.49. The first-order valence-corrected chi connectivity index (χ1v) is 41.1. The van der Waals surface area contributed by atoms with E-state index in [1.54, 1.807) is 0 Å². The Bertz CT molecular complexity index is 6490. The van der Waals surface area contributed by atoms with Gasteiger partial charge < -0.3 is 0 Å². The van der Waals surface area contributed by atoms with Gasteiger partial charge in [-0.15, -0.1) is 0 Å². The van der Waals surface area contributed by atoms with Crippen LogP contribution in [0.2, 0.25) is 0 Å². The highest BCUT2D eigenvalue weighted by Crippen LogP contribution is 3.89. The third kappa shape index (κ3) is 0.475. The standard InChI is InChI=1S/C83H40/c1-33-14-6-13-20-27-30-26-18-10-4-9-17-24-28-22-15-7-3-8-16-23-29-25-19-11-5-12-21-31-32-34(33,2)58-56(32)55(31)44(21)37(11,12)43(19)49(25)53(29)47(23)40(16)35(7,8)39(15)46(22)52(28)48(24)41(17)36(9,10)42(18)50(26)54(30)51(27)45(20)38(13,14)57(33,58)62(45)69(51)72(54)67(50)60(41,42)65(48)70(52)63(46)59(39,40)64(47)71(53)66(49)61(43,44)68(55)73(56)74(58,62)78(69)81(72)76(65,67)79(70)75(63,64)80(71)77(66,68)82(73,78)83(79,80)81/h7-32H,3-6H2,1-2H3. The molecule has 77 unspecified atom stereocenters. The molecule has 372 valence electrons. The third-order valence-electron chi connectivity index (χ3n) is 77.3. The number of fused-ring (bicyclic) bond motifs is 24. The van der Waals surface area contributed by atoms with Crippen LogP contribution in [0, 0.1) is 430 Å². The lowest BCUT2D eigenvalue weighted by molar-refractivity contribution is -1.22. The molecule has 64 aliphatic carbocycles. The topological polar surface area (TPSA) is 0 Å². The molecule has 0 aromatic carbocycles. The molecule has 0 N–H and O–H groups in total. The van der Waals surface area contributed by atoms with Crippen LogP contribution in [0.5, 0.6) is 0 Å². The fourth-order valence-corrected chi connectivity index (χ4v) is 102. The van der Waals surface area contributed by atoms with E-state index in [1.807, 2.05) is 25.7 Å². The Balaban J connectivity index is 0.689. The van der Waals surface area contributed by atoms with E-state index in [1.165, 1.54) is 154 Å². The minimum absolute atomic E-state index is 0.876. The van der Waals surface area contributed by atoms with E-state index in [9.17, 15) is 0 Å². The first kappa shape index (κ1) is 26.2. The Morgan fingerprint density at radius 3 is 0.795 bits per heavy atom. The summed E-state index contributed by atoms with van der Waals surface area (Å²) in [6, 6.07) is 0. The Morgan fingerprint density at radius 1 is 0.169 bits per heavy atom. The van der Waals surface area contributed by atoms with E-state index in [0.29, 0.717) is 0 Å². The normalized spacial score (nSPS) is 153. The van der Waals surface area contributed by atoms with Crippen molar-refractivity contribution < 1.29 is 0 Å². The molecule has 64 saturated carbocycles. The van der Waals surface area contributed by atoms with Crippen LogP contribution < -0.4 is 0 Å². The average Bonchev–Trinajstić information content (AvgIpc) is 0.398. The summed E-state index contributed by atoms with van der Waals surface area (Å²) in [4.78, 5) is 0. The summed E-state index contributed by atoms with van der Waals surface area (Å²) in [5, 5.41) is 0. The van der Waals surface area contributed by atoms with E-state index in [0.717, 1.165) is 276 Å². The van der Waals surface area contributed by atoms with Crippen LogP contribution in [0.3, 0.4) is 0 Å². The molecule has 77 atom stereocenters. The van der Waals surface area contributed by atoms with Crippen LogP contribution in [0.25, 0.3) is 0 Å². The predicted molar refractivity (Wildman–Crippen MR) is 252 cm³/mol. The lowest BCUT2D eigenvalue weighted by Crippen LogP contribution is -3.78. The molecule has 0 heteroatoms. The van der Waals surface area contributed by atoms with E-state index < -0.39 is 0 Å². The molecule has 0 saturated heterocycles. The van der Waals surface area contributed by atoms with Crippen molar-refractivity contribution in [3.05, 3.63) is 48.7 Å². The number of rotatable bonds is 0. The molecule has 0 aliphatic heterocycles. The van der Waals surface area contributed by atoms with Crippen LogP contribution in [-0.4, -0.2) is 0 Å². The van der Waals surface area contributed by atoms with E-state index >= 15 is 0 Å². The van der Waals surface area contributed by atoms with Crippen molar-refractivity contribution in [2.24, 2.45) is 381 Å². The molecule has 0 aromatic heterocycles. The van der Waals surface area contributed by atoms with E-state index in [4.69, 9.17) is 0 Å². The third-order valence-corrected chi connectivity index (χ3v) is 77.3. The van der Waals surface area contributed by atoms with E-state index in [2.05, 4.69) is 13.8 Å². The highest BCUT2D eigenvalue weighted by atomic mass is 15.9. The smallest absolute Gasteiger partial charge is 0.000000808 e. The second-order valence-corrected chi connectivity index (χ2v) is 55.8. The molecule has 0 bridgehead atoms. The molecule has 0 nitrogen and oxygen atoms in total. The van der Waals surface area contributed by atoms with Crippen LogP contribution in [0.1, 0.15) is 39.5 Å². The Morgan fingerprint density at radius 2 is 0.410 bits per heavy atom. The summed E-state index contributed by atoms with van der Waals surface area (Å²) in [6.45, 7) is 6.92. The minimum Gasteiger partial charge on any atom is -0.0582 e. The minimum atomic E-state index is 0.876. The van der Waals surface area contributed by atoms with Gasteiger partial charge in [0.2, 0.25) is 0 Å². The van der Waals surface area contributed by atoms with E-state index in [-0.39, 0.29) is 0 Å². The first-order valence-electron chi connectivity index (χ1n) is 41.1. The molecule has 64 aliphatic rings. The summed E-state index contributed by atoms with van der Waals surface area (Å²) < 4.78 is 0. The van der Waals surface area contributed by atoms with Crippen LogP contribution in [0.15, 0.2) is 0 Å². The van der Waals surface area contributed by atoms with Gasteiger partial charge in [0.1, 0.15) is 0 Å². The van der Waals surface area contributed by atoms with Crippen molar-refractivity contribution in [1.82, 2.24) is 0 Å². The van der Waals surface area contributed by atoms with Gasteiger partial charge in [-0.1, -0.05) is 13.8 Å². The zero-order valence-electron chi connectivity index (χ0n) is 45.3. The monoisotopic (exact) mass is 1040 g/mol. The van der Waals surface area contributed by atoms with Gasteiger partial charge in [-0.3, -0.25) is 0 Å². The molecule has 0 aromatic rings. The van der Waals surface area contributed by atoms with Gasteiger partial charge in [-0.2, -0.15) is 0 Å². The predicted octanol–water partition coefficient (Wildman–Crippen LogP) is 6.52.